The molecule has 16 heavy (non-hydrogen) atoms. The summed E-state index contributed by atoms with van der Waals surface area (Å²) < 4.78 is 18.1. The smallest absolute Gasteiger partial charge is 0.219 e. The lowest BCUT2D eigenvalue weighted by atomic mass is 10.3. The summed E-state index contributed by atoms with van der Waals surface area (Å²) in [5.41, 5.74) is 2.38. The fourth-order valence-corrected chi connectivity index (χ4v) is 1.64. The third kappa shape index (κ3) is 2.65. The zero-order chi connectivity index (χ0) is 11.4. The van der Waals surface area contributed by atoms with E-state index in [4.69, 9.17) is 10.6 Å². The van der Waals surface area contributed by atoms with Crippen LogP contribution in [-0.4, -0.2) is 10.2 Å². The number of ether oxygens (including phenoxy) is 1. The summed E-state index contributed by atoms with van der Waals surface area (Å²) in [4.78, 5) is 0. The second-order valence-corrected chi connectivity index (χ2v) is 3.95. The van der Waals surface area contributed by atoms with Crippen LogP contribution in [0.3, 0.4) is 0 Å². The second-order valence-electron chi connectivity index (χ2n) is 2.89. The molecule has 0 bridgehead atoms. The van der Waals surface area contributed by atoms with Gasteiger partial charge in [0.1, 0.15) is 18.2 Å². The number of nitrogens with zero attached hydrogens (tertiary/aromatic N) is 2. The maximum atomic E-state index is 12.8. The quantitative estimate of drug-likeness (QED) is 0.626. The molecule has 3 N–H and O–H groups in total. The lowest BCUT2D eigenvalue weighted by Gasteiger charge is -2.02. The van der Waals surface area contributed by atoms with E-state index < -0.39 is 0 Å². The first-order valence-corrected chi connectivity index (χ1v) is 5.27. The minimum Gasteiger partial charge on any atom is -0.486 e. The number of rotatable bonds is 4. The maximum absolute atomic E-state index is 12.8. The molecule has 7 heteroatoms. The van der Waals surface area contributed by atoms with Crippen LogP contribution in [-0.2, 0) is 6.61 Å². The Hall–Kier alpha value is -1.73. The van der Waals surface area contributed by atoms with Crippen molar-refractivity contribution >= 4 is 16.5 Å². The zero-order valence-electron chi connectivity index (χ0n) is 8.18. The third-order valence-electron chi connectivity index (χ3n) is 1.75. The van der Waals surface area contributed by atoms with E-state index in [-0.39, 0.29) is 12.4 Å². The van der Waals surface area contributed by atoms with Gasteiger partial charge in [0.2, 0.25) is 5.13 Å². The van der Waals surface area contributed by atoms with Gasteiger partial charge in [-0.05, 0) is 12.1 Å². The minimum absolute atomic E-state index is 0.239. The second kappa shape index (κ2) is 4.86. The highest BCUT2D eigenvalue weighted by molar-refractivity contribution is 7.15. The van der Waals surface area contributed by atoms with Crippen molar-refractivity contribution in [2.75, 3.05) is 5.43 Å². The van der Waals surface area contributed by atoms with Crippen LogP contribution in [0.2, 0.25) is 0 Å². The van der Waals surface area contributed by atoms with Gasteiger partial charge in [0, 0.05) is 6.07 Å². The number of hydrogen-bond acceptors (Lipinski definition) is 6. The SMILES string of the molecule is NNc1nnc(COc2cccc(F)c2)s1. The molecule has 0 radical (unpaired) electrons. The molecule has 0 saturated carbocycles. The Morgan fingerprint density at radius 3 is 3.00 bits per heavy atom. The number of hydrazine groups is 1. The standard InChI is InChI=1S/C9H9FN4OS/c10-6-2-1-3-7(4-6)15-5-8-13-14-9(12-11)16-8/h1-4H,5,11H2,(H,12,14). The highest BCUT2D eigenvalue weighted by atomic mass is 32.1. The Morgan fingerprint density at radius 1 is 1.44 bits per heavy atom. The summed E-state index contributed by atoms with van der Waals surface area (Å²) >= 11 is 1.28. The topological polar surface area (TPSA) is 73.1 Å². The summed E-state index contributed by atoms with van der Waals surface area (Å²) in [5, 5.41) is 8.75. The van der Waals surface area contributed by atoms with E-state index in [1.807, 2.05) is 0 Å². The highest BCUT2D eigenvalue weighted by Crippen LogP contribution is 2.17. The number of anilines is 1. The van der Waals surface area contributed by atoms with Crippen molar-refractivity contribution in [3.05, 3.63) is 35.1 Å². The molecule has 0 aliphatic rings. The highest BCUT2D eigenvalue weighted by Gasteiger charge is 2.03. The Labute approximate surface area is 95.0 Å². The van der Waals surface area contributed by atoms with Gasteiger partial charge < -0.3 is 4.74 Å². The van der Waals surface area contributed by atoms with Gasteiger partial charge in [-0.25, -0.2) is 10.2 Å². The first kappa shape index (κ1) is 10.8. The van der Waals surface area contributed by atoms with Crippen molar-refractivity contribution < 1.29 is 9.13 Å². The number of hydrogen-bond donors (Lipinski definition) is 2. The Balaban J connectivity index is 1.96. The zero-order valence-corrected chi connectivity index (χ0v) is 9.00. The molecular weight excluding hydrogens is 231 g/mol. The lowest BCUT2D eigenvalue weighted by Crippen LogP contribution is -2.05. The number of halogens is 1. The van der Waals surface area contributed by atoms with Crippen molar-refractivity contribution in [3.63, 3.8) is 0 Å². The molecule has 0 aliphatic heterocycles. The molecule has 0 amide bonds. The van der Waals surface area contributed by atoms with Crippen molar-refractivity contribution in [2.24, 2.45) is 5.84 Å². The molecule has 1 aromatic heterocycles. The molecule has 0 fully saturated rings. The molecule has 0 unspecified atom stereocenters. The van der Waals surface area contributed by atoms with Crippen LogP contribution in [0.15, 0.2) is 24.3 Å². The van der Waals surface area contributed by atoms with Gasteiger partial charge >= 0.3 is 0 Å². The molecule has 1 aromatic carbocycles. The molecule has 0 saturated heterocycles. The molecule has 0 spiro atoms. The fourth-order valence-electron chi connectivity index (χ4n) is 1.07. The number of nitrogens with two attached hydrogens (primary N) is 1. The van der Waals surface area contributed by atoms with Crippen LogP contribution in [0.4, 0.5) is 9.52 Å². The van der Waals surface area contributed by atoms with Gasteiger partial charge in [0.25, 0.3) is 0 Å². The molecule has 84 valence electrons. The Bertz CT molecular complexity index is 476. The maximum Gasteiger partial charge on any atom is 0.219 e. The van der Waals surface area contributed by atoms with Crippen molar-refractivity contribution in [1.82, 2.24) is 10.2 Å². The van der Waals surface area contributed by atoms with E-state index >= 15 is 0 Å². The molecule has 0 aliphatic carbocycles. The van der Waals surface area contributed by atoms with Gasteiger partial charge in [-0.15, -0.1) is 10.2 Å². The average molecular weight is 240 g/mol. The largest absolute Gasteiger partial charge is 0.486 e. The van der Waals surface area contributed by atoms with Crippen LogP contribution in [0.5, 0.6) is 5.75 Å². The number of aromatic nitrogens is 2. The van der Waals surface area contributed by atoms with Crippen LogP contribution < -0.4 is 16.0 Å². The minimum atomic E-state index is -0.334. The molecule has 2 rings (SSSR count). The van der Waals surface area contributed by atoms with Crippen LogP contribution >= 0.6 is 11.3 Å². The summed E-state index contributed by atoms with van der Waals surface area (Å²) in [6.45, 7) is 0.239. The monoisotopic (exact) mass is 240 g/mol. The van der Waals surface area contributed by atoms with E-state index in [0.29, 0.717) is 15.9 Å². The van der Waals surface area contributed by atoms with E-state index in [9.17, 15) is 4.39 Å². The van der Waals surface area contributed by atoms with Crippen LogP contribution in [0.25, 0.3) is 0 Å². The van der Waals surface area contributed by atoms with Crippen molar-refractivity contribution in [2.45, 2.75) is 6.61 Å². The first-order chi connectivity index (χ1) is 7.78. The van der Waals surface area contributed by atoms with E-state index in [2.05, 4.69) is 15.6 Å². The third-order valence-corrected chi connectivity index (χ3v) is 2.58. The average Bonchev–Trinajstić information content (AvgIpc) is 2.74. The summed E-state index contributed by atoms with van der Waals surface area (Å²) in [7, 11) is 0. The molecule has 0 atom stereocenters. The predicted octanol–water partition coefficient (Wildman–Crippen LogP) is 1.54. The normalized spacial score (nSPS) is 10.1. The molecule has 2 aromatic rings. The number of nitrogens with one attached hydrogen (secondary N) is 1. The van der Waals surface area contributed by atoms with E-state index in [0.717, 1.165) is 0 Å². The lowest BCUT2D eigenvalue weighted by molar-refractivity contribution is 0.303. The molecule has 1 heterocycles. The van der Waals surface area contributed by atoms with Gasteiger partial charge in [0.05, 0.1) is 0 Å². The Morgan fingerprint density at radius 2 is 2.31 bits per heavy atom. The summed E-state index contributed by atoms with van der Waals surface area (Å²) in [6.07, 6.45) is 0. The number of benzene rings is 1. The van der Waals surface area contributed by atoms with Crippen molar-refractivity contribution in [3.8, 4) is 5.75 Å². The van der Waals surface area contributed by atoms with Crippen LogP contribution in [0.1, 0.15) is 5.01 Å². The first-order valence-electron chi connectivity index (χ1n) is 4.45. The van der Waals surface area contributed by atoms with Gasteiger partial charge in [-0.3, -0.25) is 5.43 Å². The summed E-state index contributed by atoms with van der Waals surface area (Å²) in [5.74, 6) is 5.28. The predicted molar refractivity (Wildman–Crippen MR) is 58.5 cm³/mol. The summed E-state index contributed by atoms with van der Waals surface area (Å²) in [6, 6.07) is 5.92. The Kier molecular flexibility index (Phi) is 3.28. The van der Waals surface area contributed by atoms with Crippen molar-refractivity contribution in [1.29, 1.82) is 0 Å². The fraction of sp³-hybridized carbons (Fsp3) is 0.111. The van der Waals surface area contributed by atoms with Gasteiger partial charge in [-0.1, -0.05) is 17.4 Å². The number of nitrogen functional groups attached to an aromatic ring is 1. The van der Waals surface area contributed by atoms with Crippen LogP contribution in [0, 0.1) is 5.82 Å². The van der Waals surface area contributed by atoms with Gasteiger partial charge in [0.15, 0.2) is 5.01 Å². The molecular formula is C9H9FN4OS. The van der Waals surface area contributed by atoms with E-state index in [1.54, 1.807) is 12.1 Å². The molecule has 5 nitrogen and oxygen atoms in total. The van der Waals surface area contributed by atoms with Gasteiger partial charge in [-0.2, -0.15) is 0 Å². The van der Waals surface area contributed by atoms with E-state index in [1.165, 1.54) is 23.5 Å².